The van der Waals surface area contributed by atoms with Gasteiger partial charge in [-0.25, -0.2) is 4.98 Å². The summed E-state index contributed by atoms with van der Waals surface area (Å²) in [5.41, 5.74) is 2.34. The van der Waals surface area contributed by atoms with Gasteiger partial charge in [0, 0.05) is 48.2 Å². The van der Waals surface area contributed by atoms with Gasteiger partial charge in [0.05, 0.1) is 10.6 Å². The standard InChI is InChI=1S/C20H22N6O2/c1-20(2,3)25-19-23-17(15-7-9-21-10-8-15)12-18(24-19)22-13-14-5-4-6-16(11-14)26(27)28/h4-12H,13H2,1-3H3,(H2,22,23,24,25). The van der Waals surface area contributed by atoms with Crippen LogP contribution in [-0.2, 0) is 6.54 Å². The fourth-order valence-electron chi connectivity index (χ4n) is 2.57. The van der Waals surface area contributed by atoms with E-state index >= 15 is 0 Å². The quantitative estimate of drug-likeness (QED) is 0.487. The van der Waals surface area contributed by atoms with Crippen molar-refractivity contribution in [3.05, 3.63) is 70.5 Å². The molecule has 2 N–H and O–H groups in total. The molecule has 28 heavy (non-hydrogen) atoms. The summed E-state index contributed by atoms with van der Waals surface area (Å²) in [6.07, 6.45) is 3.43. The number of hydrogen-bond acceptors (Lipinski definition) is 7. The summed E-state index contributed by atoms with van der Waals surface area (Å²) in [7, 11) is 0. The molecule has 0 bridgehead atoms. The fourth-order valence-corrected chi connectivity index (χ4v) is 2.57. The minimum absolute atomic E-state index is 0.0644. The predicted molar refractivity (Wildman–Crippen MR) is 109 cm³/mol. The molecule has 0 radical (unpaired) electrons. The van der Waals surface area contributed by atoms with E-state index in [1.165, 1.54) is 6.07 Å². The third-order valence-electron chi connectivity index (χ3n) is 3.78. The predicted octanol–water partition coefficient (Wildman–Crippen LogP) is 4.27. The Balaban J connectivity index is 1.88. The molecular formula is C20H22N6O2. The summed E-state index contributed by atoms with van der Waals surface area (Å²) in [6, 6.07) is 12.1. The smallest absolute Gasteiger partial charge is 0.269 e. The van der Waals surface area contributed by atoms with Crippen LogP contribution in [0.1, 0.15) is 26.3 Å². The van der Waals surface area contributed by atoms with Crippen LogP contribution < -0.4 is 10.6 Å². The number of nitrogens with zero attached hydrogens (tertiary/aromatic N) is 4. The fraction of sp³-hybridized carbons (Fsp3) is 0.250. The number of pyridine rings is 1. The summed E-state index contributed by atoms with van der Waals surface area (Å²) >= 11 is 0. The minimum atomic E-state index is -0.402. The van der Waals surface area contributed by atoms with Gasteiger partial charge in [0.2, 0.25) is 5.95 Å². The molecule has 0 aliphatic carbocycles. The Morgan fingerprint density at radius 2 is 1.82 bits per heavy atom. The van der Waals surface area contributed by atoms with E-state index < -0.39 is 4.92 Å². The lowest BCUT2D eigenvalue weighted by atomic mass is 10.1. The first-order valence-electron chi connectivity index (χ1n) is 8.85. The molecule has 1 aromatic carbocycles. The van der Waals surface area contributed by atoms with Crippen molar-refractivity contribution in [1.82, 2.24) is 15.0 Å². The molecule has 0 amide bonds. The average Bonchev–Trinajstić information content (AvgIpc) is 2.66. The second kappa shape index (κ2) is 7.99. The number of rotatable bonds is 6. The number of hydrogen-bond donors (Lipinski definition) is 2. The van der Waals surface area contributed by atoms with Gasteiger partial charge in [-0.3, -0.25) is 15.1 Å². The van der Waals surface area contributed by atoms with Crippen molar-refractivity contribution >= 4 is 17.5 Å². The molecule has 8 heteroatoms. The van der Waals surface area contributed by atoms with Crippen molar-refractivity contribution < 1.29 is 4.92 Å². The maximum Gasteiger partial charge on any atom is 0.269 e. The van der Waals surface area contributed by atoms with Crippen LogP contribution in [-0.4, -0.2) is 25.4 Å². The number of nitro benzene ring substituents is 1. The highest BCUT2D eigenvalue weighted by molar-refractivity contribution is 5.64. The van der Waals surface area contributed by atoms with E-state index in [2.05, 4.69) is 25.6 Å². The van der Waals surface area contributed by atoms with E-state index in [9.17, 15) is 10.1 Å². The molecule has 0 atom stereocenters. The summed E-state index contributed by atoms with van der Waals surface area (Å²) in [5.74, 6) is 1.13. The molecule has 0 spiro atoms. The molecule has 0 saturated carbocycles. The molecule has 2 aromatic heterocycles. The van der Waals surface area contributed by atoms with E-state index in [0.29, 0.717) is 18.3 Å². The van der Waals surface area contributed by atoms with Crippen molar-refractivity contribution in [2.24, 2.45) is 0 Å². The molecule has 0 unspecified atom stereocenters. The van der Waals surface area contributed by atoms with Crippen molar-refractivity contribution in [2.45, 2.75) is 32.9 Å². The van der Waals surface area contributed by atoms with Crippen molar-refractivity contribution in [1.29, 1.82) is 0 Å². The van der Waals surface area contributed by atoms with E-state index in [4.69, 9.17) is 0 Å². The molecule has 144 valence electrons. The molecule has 0 saturated heterocycles. The van der Waals surface area contributed by atoms with Gasteiger partial charge in [0.15, 0.2) is 0 Å². The molecule has 0 aliphatic rings. The number of aromatic nitrogens is 3. The number of benzene rings is 1. The van der Waals surface area contributed by atoms with Gasteiger partial charge in [-0.1, -0.05) is 12.1 Å². The van der Waals surface area contributed by atoms with Crippen LogP contribution in [0.4, 0.5) is 17.5 Å². The summed E-state index contributed by atoms with van der Waals surface area (Å²) in [5, 5.41) is 17.5. The molecular weight excluding hydrogens is 356 g/mol. The number of nitrogens with one attached hydrogen (secondary N) is 2. The van der Waals surface area contributed by atoms with Gasteiger partial charge >= 0.3 is 0 Å². The molecule has 0 aliphatic heterocycles. The minimum Gasteiger partial charge on any atom is -0.366 e. The number of nitro groups is 1. The van der Waals surface area contributed by atoms with Crippen molar-refractivity contribution in [2.75, 3.05) is 10.6 Å². The van der Waals surface area contributed by atoms with Crippen molar-refractivity contribution in [3.63, 3.8) is 0 Å². The van der Waals surface area contributed by atoms with Gasteiger partial charge in [-0.05, 0) is 38.5 Å². The third kappa shape index (κ3) is 5.23. The van der Waals surface area contributed by atoms with Gasteiger partial charge in [0.25, 0.3) is 5.69 Å². The Hall–Kier alpha value is -3.55. The Morgan fingerprint density at radius 3 is 2.50 bits per heavy atom. The molecule has 0 fully saturated rings. The first-order valence-corrected chi connectivity index (χ1v) is 8.85. The van der Waals surface area contributed by atoms with Crippen LogP contribution in [0.15, 0.2) is 54.9 Å². The highest BCUT2D eigenvalue weighted by Gasteiger charge is 2.14. The lowest BCUT2D eigenvalue weighted by Crippen LogP contribution is -2.27. The second-order valence-electron chi connectivity index (χ2n) is 7.35. The molecule has 8 nitrogen and oxygen atoms in total. The van der Waals surface area contributed by atoms with E-state index in [0.717, 1.165) is 16.8 Å². The Morgan fingerprint density at radius 1 is 1.07 bits per heavy atom. The van der Waals surface area contributed by atoms with Crippen LogP contribution in [0, 0.1) is 10.1 Å². The van der Waals surface area contributed by atoms with Crippen LogP contribution in [0.3, 0.4) is 0 Å². The number of anilines is 2. The normalized spacial score (nSPS) is 11.1. The first-order chi connectivity index (χ1) is 13.3. The summed E-state index contributed by atoms with van der Waals surface area (Å²) in [4.78, 5) is 23.7. The maximum atomic E-state index is 11.0. The van der Waals surface area contributed by atoms with Gasteiger partial charge in [0.1, 0.15) is 5.82 Å². The SMILES string of the molecule is CC(C)(C)Nc1nc(NCc2cccc([N+](=O)[O-])c2)cc(-c2ccncc2)n1. The Kier molecular flexibility index (Phi) is 5.49. The number of non-ortho nitro benzene ring substituents is 1. The van der Waals surface area contributed by atoms with E-state index in [1.807, 2.05) is 45.0 Å². The second-order valence-corrected chi connectivity index (χ2v) is 7.35. The highest BCUT2D eigenvalue weighted by atomic mass is 16.6. The summed E-state index contributed by atoms with van der Waals surface area (Å²) in [6.45, 7) is 6.51. The van der Waals surface area contributed by atoms with Crippen LogP contribution >= 0.6 is 0 Å². The molecule has 2 heterocycles. The molecule has 3 rings (SSSR count). The van der Waals surface area contributed by atoms with Crippen LogP contribution in [0.2, 0.25) is 0 Å². The zero-order valence-corrected chi connectivity index (χ0v) is 16.0. The van der Waals surface area contributed by atoms with Gasteiger partial charge < -0.3 is 10.6 Å². The third-order valence-corrected chi connectivity index (χ3v) is 3.78. The zero-order chi connectivity index (χ0) is 20.1. The van der Waals surface area contributed by atoms with Gasteiger partial charge in [-0.15, -0.1) is 0 Å². The Labute approximate surface area is 163 Å². The lowest BCUT2D eigenvalue weighted by molar-refractivity contribution is -0.384. The maximum absolute atomic E-state index is 11.0. The monoisotopic (exact) mass is 378 g/mol. The Bertz CT molecular complexity index is 970. The lowest BCUT2D eigenvalue weighted by Gasteiger charge is -2.21. The van der Waals surface area contributed by atoms with Crippen LogP contribution in [0.25, 0.3) is 11.3 Å². The van der Waals surface area contributed by atoms with Crippen LogP contribution in [0.5, 0.6) is 0 Å². The van der Waals surface area contributed by atoms with E-state index in [1.54, 1.807) is 24.5 Å². The summed E-state index contributed by atoms with van der Waals surface area (Å²) < 4.78 is 0. The average molecular weight is 378 g/mol. The highest BCUT2D eigenvalue weighted by Crippen LogP contribution is 2.23. The first kappa shape index (κ1) is 19.2. The largest absolute Gasteiger partial charge is 0.366 e. The topological polar surface area (TPSA) is 106 Å². The van der Waals surface area contributed by atoms with Gasteiger partial charge in [-0.2, -0.15) is 4.98 Å². The zero-order valence-electron chi connectivity index (χ0n) is 16.0. The molecule has 3 aromatic rings. The van der Waals surface area contributed by atoms with Crippen molar-refractivity contribution in [3.8, 4) is 11.3 Å². The van der Waals surface area contributed by atoms with E-state index in [-0.39, 0.29) is 11.2 Å².